The monoisotopic (exact) mass is 286 g/mol. The van der Waals surface area contributed by atoms with Crippen LogP contribution >= 0.6 is 0 Å². The number of likely N-dealkylation sites (tertiary alicyclic amines) is 1. The normalized spacial score (nSPS) is 26.5. The maximum absolute atomic E-state index is 12.2. The highest BCUT2D eigenvalue weighted by Crippen LogP contribution is 2.21. The van der Waals surface area contributed by atoms with Gasteiger partial charge in [-0.25, -0.2) is 9.59 Å². The van der Waals surface area contributed by atoms with E-state index >= 15 is 0 Å². The minimum Gasteiger partial charge on any atom is -0.480 e. The van der Waals surface area contributed by atoms with Gasteiger partial charge in [0.1, 0.15) is 6.04 Å². The minimum atomic E-state index is -1.01. The fraction of sp³-hybridized carbons (Fsp3) is 0.857. The zero-order chi connectivity index (χ0) is 15.3. The van der Waals surface area contributed by atoms with E-state index in [4.69, 9.17) is 0 Å². The molecule has 0 aromatic heterocycles. The van der Waals surface area contributed by atoms with Gasteiger partial charge in [-0.1, -0.05) is 20.3 Å². The average molecular weight is 286 g/mol. The molecule has 3 N–H and O–H groups in total. The molecule has 1 fully saturated rings. The van der Waals surface area contributed by atoms with Crippen molar-refractivity contribution in [1.29, 1.82) is 0 Å². The fourth-order valence-corrected chi connectivity index (χ4v) is 2.37. The Hall–Kier alpha value is -1.30. The molecule has 2 unspecified atom stereocenters. The largest absolute Gasteiger partial charge is 0.480 e. The molecule has 0 bridgehead atoms. The van der Waals surface area contributed by atoms with Crippen molar-refractivity contribution in [2.24, 2.45) is 5.92 Å². The fourth-order valence-electron chi connectivity index (χ4n) is 2.37. The molecule has 6 nitrogen and oxygen atoms in total. The lowest BCUT2D eigenvalue weighted by molar-refractivity contribution is -0.140. The molecule has 0 aromatic rings. The van der Waals surface area contributed by atoms with Gasteiger partial charge in [0.15, 0.2) is 0 Å². The maximum atomic E-state index is 12.2. The summed E-state index contributed by atoms with van der Waals surface area (Å²) >= 11 is 0. The lowest BCUT2D eigenvalue weighted by Gasteiger charge is -2.26. The number of amides is 2. The Labute approximate surface area is 120 Å². The van der Waals surface area contributed by atoms with Crippen LogP contribution in [-0.4, -0.2) is 51.8 Å². The first-order chi connectivity index (χ1) is 9.26. The third-order valence-corrected chi connectivity index (χ3v) is 4.11. The first-order valence-electron chi connectivity index (χ1n) is 7.27. The summed E-state index contributed by atoms with van der Waals surface area (Å²) in [5.74, 6) is -1.12. The van der Waals surface area contributed by atoms with Crippen LogP contribution in [-0.2, 0) is 4.79 Å². The van der Waals surface area contributed by atoms with Crippen LogP contribution in [0, 0.1) is 5.92 Å². The number of aliphatic hydroxyl groups is 1. The first-order valence-corrected chi connectivity index (χ1v) is 7.27. The molecular weight excluding hydrogens is 260 g/mol. The molecule has 0 spiro atoms. The highest BCUT2D eigenvalue weighted by atomic mass is 16.4. The number of carbonyl (C=O) groups excluding carboxylic acids is 1. The van der Waals surface area contributed by atoms with Crippen molar-refractivity contribution in [3.63, 3.8) is 0 Å². The van der Waals surface area contributed by atoms with Gasteiger partial charge in [0, 0.05) is 13.1 Å². The van der Waals surface area contributed by atoms with E-state index in [0.717, 1.165) is 6.42 Å². The summed E-state index contributed by atoms with van der Waals surface area (Å²) < 4.78 is 0. The molecule has 0 aromatic carbocycles. The highest BCUT2D eigenvalue weighted by molar-refractivity contribution is 5.82. The van der Waals surface area contributed by atoms with Gasteiger partial charge in [0.2, 0.25) is 0 Å². The Morgan fingerprint density at radius 3 is 2.55 bits per heavy atom. The number of nitrogens with one attached hydrogen (secondary N) is 1. The Morgan fingerprint density at radius 1 is 1.35 bits per heavy atom. The van der Waals surface area contributed by atoms with E-state index in [2.05, 4.69) is 5.32 Å². The molecule has 0 saturated carbocycles. The van der Waals surface area contributed by atoms with Gasteiger partial charge in [0.25, 0.3) is 0 Å². The van der Waals surface area contributed by atoms with Crippen molar-refractivity contribution in [2.75, 3.05) is 13.1 Å². The number of aliphatic carboxylic acids is 1. The predicted molar refractivity (Wildman–Crippen MR) is 75.5 cm³/mol. The number of carboxylic acids is 1. The molecular formula is C14H26N2O4. The molecule has 0 radical (unpaired) electrons. The SMILES string of the molecule is CCC(C)[C@H](NC(=O)N1CCCC(C)(O)CC1)C(=O)O. The number of hydrogen-bond acceptors (Lipinski definition) is 3. The number of rotatable bonds is 4. The summed E-state index contributed by atoms with van der Waals surface area (Å²) in [6, 6.07) is -1.22. The zero-order valence-electron chi connectivity index (χ0n) is 12.6. The van der Waals surface area contributed by atoms with E-state index in [9.17, 15) is 19.8 Å². The van der Waals surface area contributed by atoms with Crippen molar-refractivity contribution >= 4 is 12.0 Å². The van der Waals surface area contributed by atoms with Crippen LogP contribution in [0.3, 0.4) is 0 Å². The number of carbonyl (C=O) groups is 2. The predicted octanol–water partition coefficient (Wildman–Crippen LogP) is 1.43. The molecule has 116 valence electrons. The van der Waals surface area contributed by atoms with Gasteiger partial charge >= 0.3 is 12.0 Å². The van der Waals surface area contributed by atoms with Crippen LogP contribution < -0.4 is 5.32 Å². The third-order valence-electron chi connectivity index (χ3n) is 4.11. The lowest BCUT2D eigenvalue weighted by atomic mass is 9.98. The summed E-state index contributed by atoms with van der Waals surface area (Å²) in [6.45, 7) is 6.48. The molecule has 0 aliphatic carbocycles. The summed E-state index contributed by atoms with van der Waals surface area (Å²) in [7, 11) is 0. The Bertz CT molecular complexity index is 357. The quantitative estimate of drug-likeness (QED) is 0.729. The molecule has 1 aliphatic heterocycles. The molecule has 1 aliphatic rings. The van der Waals surface area contributed by atoms with Crippen molar-refractivity contribution < 1.29 is 19.8 Å². The van der Waals surface area contributed by atoms with Crippen molar-refractivity contribution in [3.8, 4) is 0 Å². The third kappa shape index (κ3) is 4.67. The molecule has 3 atom stereocenters. The van der Waals surface area contributed by atoms with E-state index in [-0.39, 0.29) is 11.9 Å². The van der Waals surface area contributed by atoms with E-state index in [1.807, 2.05) is 13.8 Å². The molecule has 2 amide bonds. The van der Waals surface area contributed by atoms with Gasteiger partial charge in [-0.3, -0.25) is 0 Å². The Balaban J connectivity index is 2.62. The van der Waals surface area contributed by atoms with E-state index in [1.165, 1.54) is 0 Å². The van der Waals surface area contributed by atoms with Crippen LogP contribution in [0.5, 0.6) is 0 Å². The highest BCUT2D eigenvalue weighted by Gasteiger charge is 2.30. The smallest absolute Gasteiger partial charge is 0.326 e. The van der Waals surface area contributed by atoms with Crippen molar-refractivity contribution in [2.45, 2.75) is 58.1 Å². The summed E-state index contributed by atoms with van der Waals surface area (Å²) in [5.41, 5.74) is -0.738. The molecule has 6 heteroatoms. The number of carboxylic acid groups (broad SMARTS) is 1. The van der Waals surface area contributed by atoms with Gasteiger partial charge in [0.05, 0.1) is 5.60 Å². The summed E-state index contributed by atoms with van der Waals surface area (Å²) in [6.07, 6.45) is 2.58. The van der Waals surface area contributed by atoms with Crippen LogP contribution in [0.15, 0.2) is 0 Å². The molecule has 1 saturated heterocycles. The summed E-state index contributed by atoms with van der Waals surface area (Å²) in [5, 5.41) is 21.8. The van der Waals surface area contributed by atoms with Crippen LogP contribution in [0.25, 0.3) is 0 Å². The number of hydrogen-bond donors (Lipinski definition) is 3. The molecule has 1 heterocycles. The topological polar surface area (TPSA) is 89.9 Å². The summed E-state index contributed by atoms with van der Waals surface area (Å²) in [4.78, 5) is 25.0. The maximum Gasteiger partial charge on any atom is 0.326 e. The second-order valence-electron chi connectivity index (χ2n) is 5.99. The van der Waals surface area contributed by atoms with Crippen LogP contribution in [0.4, 0.5) is 4.79 Å². The Morgan fingerprint density at radius 2 is 2.00 bits per heavy atom. The average Bonchev–Trinajstić information content (AvgIpc) is 2.55. The second kappa shape index (κ2) is 6.92. The minimum absolute atomic E-state index is 0.119. The number of urea groups is 1. The van der Waals surface area contributed by atoms with Gasteiger partial charge < -0.3 is 20.4 Å². The van der Waals surface area contributed by atoms with E-state index in [0.29, 0.717) is 32.4 Å². The molecule has 1 rings (SSSR count). The van der Waals surface area contributed by atoms with Gasteiger partial charge in [-0.05, 0) is 32.1 Å². The van der Waals surface area contributed by atoms with Crippen molar-refractivity contribution in [3.05, 3.63) is 0 Å². The number of nitrogens with zero attached hydrogens (tertiary/aromatic N) is 1. The second-order valence-corrected chi connectivity index (χ2v) is 5.99. The zero-order valence-corrected chi connectivity index (χ0v) is 12.6. The van der Waals surface area contributed by atoms with Gasteiger partial charge in [-0.2, -0.15) is 0 Å². The Kier molecular flexibility index (Phi) is 5.80. The molecule has 20 heavy (non-hydrogen) atoms. The van der Waals surface area contributed by atoms with Gasteiger partial charge in [-0.15, -0.1) is 0 Å². The van der Waals surface area contributed by atoms with Crippen LogP contribution in [0.1, 0.15) is 46.5 Å². The van der Waals surface area contributed by atoms with E-state index < -0.39 is 17.6 Å². The lowest BCUT2D eigenvalue weighted by Crippen LogP contribution is -2.50. The standard InChI is InChI=1S/C14H26N2O4/c1-4-10(2)11(12(17)18)15-13(19)16-8-5-6-14(3,20)7-9-16/h10-11,20H,4-9H2,1-3H3,(H,15,19)(H,17,18)/t10?,11-,14?/m0/s1. The van der Waals surface area contributed by atoms with Crippen LogP contribution in [0.2, 0.25) is 0 Å². The van der Waals surface area contributed by atoms with Crippen molar-refractivity contribution in [1.82, 2.24) is 10.2 Å². The van der Waals surface area contributed by atoms with E-state index in [1.54, 1.807) is 11.8 Å². The first kappa shape index (κ1) is 16.8.